The summed E-state index contributed by atoms with van der Waals surface area (Å²) in [6, 6.07) is 9.35. The highest BCUT2D eigenvalue weighted by molar-refractivity contribution is 7.89. The molecule has 0 aliphatic heterocycles. The predicted octanol–water partition coefficient (Wildman–Crippen LogP) is 2.25. The summed E-state index contributed by atoms with van der Waals surface area (Å²) in [4.78, 5) is 13.8. The highest BCUT2D eigenvalue weighted by Gasteiger charge is 2.27. The third kappa shape index (κ3) is 4.55. The van der Waals surface area contributed by atoms with Gasteiger partial charge in [0.2, 0.25) is 15.9 Å². The van der Waals surface area contributed by atoms with E-state index in [-0.39, 0.29) is 17.1 Å². The average Bonchev–Trinajstić information content (AvgIpc) is 2.59. The molecule has 2 N–H and O–H groups in total. The van der Waals surface area contributed by atoms with E-state index in [1.807, 2.05) is 0 Å². The van der Waals surface area contributed by atoms with E-state index in [1.54, 1.807) is 19.1 Å². The molecule has 6 nitrogen and oxygen atoms in total. The van der Waals surface area contributed by atoms with Gasteiger partial charge in [-0.2, -0.15) is 4.72 Å². The van der Waals surface area contributed by atoms with E-state index in [2.05, 4.69) is 4.72 Å². The van der Waals surface area contributed by atoms with Crippen molar-refractivity contribution in [2.24, 2.45) is 0 Å². The Kier molecular flexibility index (Phi) is 5.76. The summed E-state index contributed by atoms with van der Waals surface area (Å²) in [5.74, 6) is -0.929. The summed E-state index contributed by atoms with van der Waals surface area (Å²) in [5, 5.41) is 9.31. The lowest BCUT2D eigenvalue weighted by atomic mass is 10.2. The third-order valence-electron chi connectivity index (χ3n) is 3.70. The van der Waals surface area contributed by atoms with Gasteiger partial charge in [-0.3, -0.25) is 4.79 Å². The number of hydrogen-bond acceptors (Lipinski definition) is 4. The smallest absolute Gasteiger partial charge is 0.244 e. The summed E-state index contributed by atoms with van der Waals surface area (Å²) in [6.45, 7) is 1.68. The summed E-state index contributed by atoms with van der Waals surface area (Å²) in [7, 11) is -2.44. The lowest BCUT2D eigenvalue weighted by molar-refractivity contribution is -0.119. The zero-order valence-electron chi connectivity index (χ0n) is 13.8. The Morgan fingerprint density at radius 3 is 2.24 bits per heavy atom. The molecule has 25 heavy (non-hydrogen) atoms. The van der Waals surface area contributed by atoms with Gasteiger partial charge in [-0.25, -0.2) is 12.8 Å². The number of rotatable bonds is 6. The Morgan fingerprint density at radius 2 is 1.72 bits per heavy atom. The minimum atomic E-state index is -3.96. The zero-order chi connectivity index (χ0) is 18.6. The van der Waals surface area contributed by atoms with Crippen LogP contribution in [-0.2, 0) is 14.8 Å². The molecule has 134 valence electrons. The highest BCUT2D eigenvalue weighted by atomic mass is 32.2. The normalized spacial score (nSPS) is 12.6. The van der Waals surface area contributed by atoms with Gasteiger partial charge in [0.1, 0.15) is 17.6 Å². The summed E-state index contributed by atoms with van der Waals surface area (Å²) in [5.41, 5.74) is 0.516. The van der Waals surface area contributed by atoms with Crippen LogP contribution in [0.1, 0.15) is 13.3 Å². The maximum absolute atomic E-state index is 13.0. The molecule has 2 aromatic carbocycles. The van der Waals surface area contributed by atoms with Crippen molar-refractivity contribution in [2.45, 2.75) is 24.3 Å². The molecule has 0 spiro atoms. The van der Waals surface area contributed by atoms with E-state index in [9.17, 15) is 22.7 Å². The molecule has 0 aliphatic rings. The second-order valence-electron chi connectivity index (χ2n) is 5.45. The average molecular weight is 366 g/mol. The number of nitrogens with one attached hydrogen (secondary N) is 1. The molecule has 1 amide bonds. The second kappa shape index (κ2) is 7.62. The molecule has 0 saturated carbocycles. The van der Waals surface area contributed by atoms with Crippen LogP contribution < -0.4 is 9.62 Å². The van der Waals surface area contributed by atoms with Crippen LogP contribution in [0.25, 0.3) is 0 Å². The summed E-state index contributed by atoms with van der Waals surface area (Å²) < 4.78 is 40.1. The van der Waals surface area contributed by atoms with Crippen LogP contribution in [0.2, 0.25) is 0 Å². The van der Waals surface area contributed by atoms with Crippen LogP contribution >= 0.6 is 0 Å². The van der Waals surface area contributed by atoms with Crippen molar-refractivity contribution < 1.29 is 22.7 Å². The number of phenols is 1. The Labute approximate surface area is 146 Å². The summed E-state index contributed by atoms with van der Waals surface area (Å²) >= 11 is 0. The first-order chi connectivity index (χ1) is 11.7. The number of sulfonamides is 1. The monoisotopic (exact) mass is 366 g/mol. The predicted molar refractivity (Wildman–Crippen MR) is 92.3 cm³/mol. The SMILES string of the molecule is CCC(NS(=O)(=O)c1ccc(F)cc1)C(=O)N(C)c1ccc(O)cc1. The second-order valence-corrected chi connectivity index (χ2v) is 7.16. The number of carbonyl (C=O) groups excluding carboxylic acids is 1. The van der Waals surface area contributed by atoms with E-state index in [1.165, 1.54) is 24.1 Å². The van der Waals surface area contributed by atoms with Crippen molar-refractivity contribution in [1.29, 1.82) is 0 Å². The molecule has 0 fully saturated rings. The lowest BCUT2D eigenvalue weighted by Crippen LogP contribution is -2.47. The van der Waals surface area contributed by atoms with Crippen molar-refractivity contribution in [3.05, 3.63) is 54.3 Å². The molecule has 2 rings (SSSR count). The number of anilines is 1. The standard InChI is InChI=1S/C17H19FN2O4S/c1-3-16(17(22)20(2)13-6-8-14(21)9-7-13)19-25(23,24)15-10-4-12(18)5-11-15/h4-11,16,19,21H,3H2,1-2H3. The third-order valence-corrected chi connectivity index (χ3v) is 5.18. The first-order valence-corrected chi connectivity index (χ1v) is 9.07. The van der Waals surface area contributed by atoms with Crippen LogP contribution in [0.3, 0.4) is 0 Å². The number of nitrogens with zero attached hydrogens (tertiary/aromatic N) is 1. The van der Waals surface area contributed by atoms with Crippen LogP contribution in [0.15, 0.2) is 53.4 Å². The fourth-order valence-corrected chi connectivity index (χ4v) is 3.49. The van der Waals surface area contributed by atoms with E-state index in [0.717, 1.165) is 24.3 Å². The molecule has 2 aromatic rings. The Morgan fingerprint density at radius 1 is 1.16 bits per heavy atom. The van der Waals surface area contributed by atoms with Crippen LogP contribution in [0, 0.1) is 5.82 Å². The van der Waals surface area contributed by atoms with Gasteiger partial charge < -0.3 is 10.0 Å². The zero-order valence-corrected chi connectivity index (χ0v) is 14.6. The number of phenolic OH excluding ortho intramolecular Hbond substituents is 1. The fraction of sp³-hybridized carbons (Fsp3) is 0.235. The van der Waals surface area contributed by atoms with E-state index in [0.29, 0.717) is 5.69 Å². The molecule has 0 saturated heterocycles. The molecule has 0 bridgehead atoms. The van der Waals surface area contributed by atoms with Crippen molar-refractivity contribution in [1.82, 2.24) is 4.72 Å². The van der Waals surface area contributed by atoms with Crippen LogP contribution in [-0.4, -0.2) is 32.5 Å². The number of halogens is 1. The largest absolute Gasteiger partial charge is 0.508 e. The van der Waals surface area contributed by atoms with Gasteiger partial charge in [0.25, 0.3) is 0 Å². The van der Waals surface area contributed by atoms with E-state index < -0.39 is 27.8 Å². The van der Waals surface area contributed by atoms with Gasteiger partial charge in [0, 0.05) is 12.7 Å². The fourth-order valence-electron chi connectivity index (χ4n) is 2.21. The number of aromatic hydroxyl groups is 1. The molecule has 1 atom stereocenters. The number of hydrogen-bond donors (Lipinski definition) is 2. The molecule has 0 radical (unpaired) electrons. The summed E-state index contributed by atoms with van der Waals surface area (Å²) in [6.07, 6.45) is 0.238. The van der Waals surface area contributed by atoms with Gasteiger partial charge >= 0.3 is 0 Å². The molecule has 8 heteroatoms. The number of benzene rings is 2. The molecule has 0 aliphatic carbocycles. The molecule has 0 aromatic heterocycles. The highest BCUT2D eigenvalue weighted by Crippen LogP contribution is 2.19. The number of carbonyl (C=O) groups is 1. The van der Waals surface area contributed by atoms with E-state index in [4.69, 9.17) is 0 Å². The number of amides is 1. The Bertz CT molecular complexity index is 836. The minimum Gasteiger partial charge on any atom is -0.508 e. The Balaban J connectivity index is 2.19. The quantitative estimate of drug-likeness (QED) is 0.821. The van der Waals surface area contributed by atoms with Crippen LogP contribution in [0.5, 0.6) is 5.75 Å². The number of likely N-dealkylation sites (N-methyl/N-ethyl adjacent to an activating group) is 1. The first-order valence-electron chi connectivity index (χ1n) is 7.59. The van der Waals surface area contributed by atoms with E-state index >= 15 is 0 Å². The Hall–Kier alpha value is -2.45. The minimum absolute atomic E-state index is 0.0636. The van der Waals surface area contributed by atoms with Crippen molar-refractivity contribution in [2.75, 3.05) is 11.9 Å². The molecular weight excluding hydrogens is 347 g/mol. The maximum Gasteiger partial charge on any atom is 0.244 e. The molecule has 1 unspecified atom stereocenters. The van der Waals surface area contributed by atoms with Gasteiger partial charge in [-0.05, 0) is 55.0 Å². The van der Waals surface area contributed by atoms with Crippen molar-refractivity contribution >= 4 is 21.6 Å². The van der Waals surface area contributed by atoms with Crippen molar-refractivity contribution in [3.63, 3.8) is 0 Å². The first kappa shape index (κ1) is 18.9. The molecular formula is C17H19FN2O4S. The molecule has 0 heterocycles. The van der Waals surface area contributed by atoms with Gasteiger partial charge in [-0.15, -0.1) is 0 Å². The lowest BCUT2D eigenvalue weighted by Gasteiger charge is -2.24. The van der Waals surface area contributed by atoms with Gasteiger partial charge in [0.05, 0.1) is 4.90 Å². The van der Waals surface area contributed by atoms with Gasteiger partial charge in [0.15, 0.2) is 0 Å². The van der Waals surface area contributed by atoms with Gasteiger partial charge in [-0.1, -0.05) is 6.92 Å². The topological polar surface area (TPSA) is 86.7 Å². The van der Waals surface area contributed by atoms with Crippen LogP contribution in [0.4, 0.5) is 10.1 Å². The van der Waals surface area contributed by atoms with Crippen molar-refractivity contribution in [3.8, 4) is 5.75 Å². The maximum atomic E-state index is 13.0.